The quantitative estimate of drug-likeness (QED) is 0.286. The van der Waals surface area contributed by atoms with Crippen LogP contribution in [0.25, 0.3) is 10.9 Å². The fourth-order valence-corrected chi connectivity index (χ4v) is 5.33. The van der Waals surface area contributed by atoms with E-state index < -0.39 is 5.82 Å². The summed E-state index contributed by atoms with van der Waals surface area (Å²) in [5.41, 5.74) is 3.58. The Bertz CT molecular complexity index is 1520. The van der Waals surface area contributed by atoms with Gasteiger partial charge in [0.25, 0.3) is 0 Å². The van der Waals surface area contributed by atoms with Crippen LogP contribution in [0.3, 0.4) is 0 Å². The van der Waals surface area contributed by atoms with E-state index in [0.717, 1.165) is 30.9 Å². The molecule has 1 N–H and O–H groups in total. The Balaban J connectivity index is 1.39. The molecule has 1 aliphatic heterocycles. The van der Waals surface area contributed by atoms with E-state index in [9.17, 15) is 9.65 Å². The summed E-state index contributed by atoms with van der Waals surface area (Å²) in [6.45, 7) is 2.51. The molecule has 3 heterocycles. The first kappa shape index (κ1) is 26.2. The fourth-order valence-electron chi connectivity index (χ4n) is 4.88. The van der Waals surface area contributed by atoms with Gasteiger partial charge in [0.15, 0.2) is 0 Å². The van der Waals surface area contributed by atoms with Crippen LogP contribution in [0.5, 0.6) is 0 Å². The Morgan fingerprint density at radius 2 is 2.08 bits per heavy atom. The lowest BCUT2D eigenvalue weighted by molar-refractivity contribution is 0.282. The van der Waals surface area contributed by atoms with Gasteiger partial charge in [-0.25, -0.2) is 4.39 Å². The molecule has 4 aromatic rings. The standard InChI is InChI=1S/C27H27Cl2FN8/c1-36-8-3-4-20(36)7-9-38-16-19(34-35-38)15-37(2)21-11-22-26(33-18-5-6-25(30)23(28)10-18)17(13-31)14-32-27(22)24(29)12-21/h5-6,10-12,14,16,20H,3-4,7-9,15H2,1-2H3,(H,32,33). The van der Waals surface area contributed by atoms with Crippen molar-refractivity contribution in [3.63, 3.8) is 0 Å². The number of aryl methyl sites for hydroxylation is 1. The van der Waals surface area contributed by atoms with Gasteiger partial charge in [0.05, 0.1) is 39.6 Å². The molecule has 1 unspecified atom stereocenters. The molecule has 8 nitrogen and oxygen atoms in total. The maximum Gasteiger partial charge on any atom is 0.141 e. The summed E-state index contributed by atoms with van der Waals surface area (Å²) in [7, 11) is 4.12. The number of anilines is 3. The lowest BCUT2D eigenvalue weighted by Gasteiger charge is -2.20. The zero-order valence-electron chi connectivity index (χ0n) is 21.1. The summed E-state index contributed by atoms with van der Waals surface area (Å²) in [5, 5.41) is 22.7. The minimum atomic E-state index is -0.521. The van der Waals surface area contributed by atoms with Crippen molar-refractivity contribution in [1.29, 1.82) is 5.26 Å². The number of rotatable bonds is 8. The largest absolute Gasteiger partial charge is 0.368 e. The van der Waals surface area contributed by atoms with E-state index in [1.165, 1.54) is 31.2 Å². The third-order valence-corrected chi connectivity index (χ3v) is 7.59. The maximum absolute atomic E-state index is 13.7. The Morgan fingerprint density at radius 3 is 2.82 bits per heavy atom. The number of aromatic nitrogens is 4. The van der Waals surface area contributed by atoms with Crippen molar-refractivity contribution in [3.05, 3.63) is 69.8 Å². The van der Waals surface area contributed by atoms with Crippen molar-refractivity contribution in [2.24, 2.45) is 0 Å². The number of nitrogens with one attached hydrogen (secondary N) is 1. The van der Waals surface area contributed by atoms with Crippen LogP contribution in [0, 0.1) is 17.1 Å². The number of halogens is 3. The molecule has 196 valence electrons. The Labute approximate surface area is 230 Å². The van der Waals surface area contributed by atoms with Gasteiger partial charge in [-0.3, -0.25) is 9.67 Å². The minimum absolute atomic E-state index is 0.0198. The molecule has 1 aliphatic rings. The topological polar surface area (TPSA) is 85.9 Å². The predicted octanol–water partition coefficient (Wildman–Crippen LogP) is 6.01. The molecule has 0 saturated carbocycles. The molecule has 11 heteroatoms. The second kappa shape index (κ2) is 11.1. The number of benzene rings is 2. The first-order chi connectivity index (χ1) is 18.3. The second-order valence-electron chi connectivity index (χ2n) is 9.63. The van der Waals surface area contributed by atoms with E-state index in [1.54, 1.807) is 6.07 Å². The van der Waals surface area contributed by atoms with Gasteiger partial charge >= 0.3 is 0 Å². The van der Waals surface area contributed by atoms with Crippen LogP contribution >= 0.6 is 23.2 Å². The summed E-state index contributed by atoms with van der Waals surface area (Å²) in [5.74, 6) is -0.521. The van der Waals surface area contributed by atoms with E-state index in [2.05, 4.69) is 38.6 Å². The second-order valence-corrected chi connectivity index (χ2v) is 10.4. The first-order valence-corrected chi connectivity index (χ1v) is 13.1. The van der Waals surface area contributed by atoms with Gasteiger partial charge in [-0.2, -0.15) is 5.26 Å². The zero-order valence-corrected chi connectivity index (χ0v) is 22.6. The van der Waals surface area contributed by atoms with Crippen LogP contribution < -0.4 is 10.2 Å². The van der Waals surface area contributed by atoms with Crippen molar-refractivity contribution < 1.29 is 4.39 Å². The zero-order chi connectivity index (χ0) is 26.8. The number of hydrogen-bond acceptors (Lipinski definition) is 7. The Morgan fingerprint density at radius 1 is 1.24 bits per heavy atom. The van der Waals surface area contributed by atoms with Crippen LogP contribution in [0.1, 0.15) is 30.5 Å². The van der Waals surface area contributed by atoms with Crippen molar-refractivity contribution in [2.45, 2.75) is 38.4 Å². The van der Waals surface area contributed by atoms with Gasteiger partial charge in [-0.15, -0.1) is 5.10 Å². The molecular weight excluding hydrogens is 526 g/mol. The van der Waals surface area contributed by atoms with Crippen LogP contribution in [0.4, 0.5) is 21.5 Å². The fraction of sp³-hybridized carbons (Fsp3) is 0.333. The van der Waals surface area contributed by atoms with Crippen LogP contribution in [-0.4, -0.2) is 51.6 Å². The minimum Gasteiger partial charge on any atom is -0.368 e. The lowest BCUT2D eigenvalue weighted by atomic mass is 10.1. The average Bonchev–Trinajstić information content (AvgIpc) is 3.53. The van der Waals surface area contributed by atoms with Gasteiger partial charge < -0.3 is 15.1 Å². The van der Waals surface area contributed by atoms with Crippen molar-refractivity contribution in [2.75, 3.05) is 30.9 Å². The molecule has 2 aromatic carbocycles. The van der Waals surface area contributed by atoms with Gasteiger partial charge in [0, 0.05) is 42.6 Å². The highest BCUT2D eigenvalue weighted by Gasteiger charge is 2.21. The molecular formula is C27H27Cl2FN8. The van der Waals surface area contributed by atoms with Gasteiger partial charge in [0.2, 0.25) is 0 Å². The average molecular weight is 553 g/mol. The number of fused-ring (bicyclic) bond motifs is 1. The van der Waals surface area contributed by atoms with E-state index in [4.69, 9.17) is 23.2 Å². The van der Waals surface area contributed by atoms with Crippen LogP contribution in [-0.2, 0) is 13.1 Å². The highest BCUT2D eigenvalue weighted by molar-refractivity contribution is 6.36. The van der Waals surface area contributed by atoms with Gasteiger partial charge in [0.1, 0.15) is 17.6 Å². The number of nitriles is 1. The van der Waals surface area contributed by atoms with Crippen molar-refractivity contribution in [3.8, 4) is 6.07 Å². The molecule has 38 heavy (non-hydrogen) atoms. The number of pyridine rings is 1. The lowest BCUT2D eigenvalue weighted by Crippen LogP contribution is -2.26. The smallest absolute Gasteiger partial charge is 0.141 e. The molecule has 2 aromatic heterocycles. The first-order valence-electron chi connectivity index (χ1n) is 12.4. The number of likely N-dealkylation sites (tertiary alicyclic amines) is 1. The number of hydrogen-bond donors (Lipinski definition) is 1. The van der Waals surface area contributed by atoms with Crippen LogP contribution in [0.2, 0.25) is 10.0 Å². The molecule has 1 fully saturated rings. The summed E-state index contributed by atoms with van der Waals surface area (Å²) in [4.78, 5) is 8.83. The highest BCUT2D eigenvalue weighted by atomic mass is 35.5. The molecule has 0 aliphatic carbocycles. The third kappa shape index (κ3) is 5.53. The molecule has 1 atom stereocenters. The molecule has 0 spiro atoms. The number of nitrogens with zero attached hydrogens (tertiary/aromatic N) is 7. The summed E-state index contributed by atoms with van der Waals surface area (Å²) in [6.07, 6.45) is 6.99. The van der Waals surface area contributed by atoms with Crippen molar-refractivity contribution >= 4 is 51.2 Å². The van der Waals surface area contributed by atoms with Crippen molar-refractivity contribution in [1.82, 2.24) is 24.9 Å². The van der Waals surface area contributed by atoms with E-state index in [1.807, 2.05) is 35.0 Å². The highest BCUT2D eigenvalue weighted by Crippen LogP contribution is 2.36. The SMILES string of the molecule is CN(Cc1cn(CCC2CCCN2C)nn1)c1cc(Cl)c2ncc(C#N)c(Nc3ccc(F)c(Cl)c3)c2c1. The monoisotopic (exact) mass is 552 g/mol. The molecule has 1 saturated heterocycles. The summed E-state index contributed by atoms with van der Waals surface area (Å²) in [6, 6.07) is 10.8. The Kier molecular flexibility index (Phi) is 7.65. The third-order valence-electron chi connectivity index (χ3n) is 7.01. The van der Waals surface area contributed by atoms with E-state index >= 15 is 0 Å². The van der Waals surface area contributed by atoms with Gasteiger partial charge in [-0.05, 0) is 63.2 Å². The van der Waals surface area contributed by atoms with Crippen LogP contribution in [0.15, 0.2) is 42.7 Å². The summed E-state index contributed by atoms with van der Waals surface area (Å²) < 4.78 is 15.6. The molecule has 0 amide bonds. The molecule has 0 bridgehead atoms. The molecule has 0 radical (unpaired) electrons. The maximum atomic E-state index is 13.7. The van der Waals surface area contributed by atoms with E-state index in [0.29, 0.717) is 45.5 Å². The molecule has 5 rings (SSSR count). The normalized spacial score (nSPS) is 15.6. The van der Waals surface area contributed by atoms with Gasteiger partial charge in [-0.1, -0.05) is 28.4 Å². The Hall–Kier alpha value is -3.45. The summed E-state index contributed by atoms with van der Waals surface area (Å²) >= 11 is 12.6. The predicted molar refractivity (Wildman–Crippen MR) is 149 cm³/mol. The van der Waals surface area contributed by atoms with E-state index in [-0.39, 0.29) is 5.02 Å².